The van der Waals surface area contributed by atoms with E-state index in [-0.39, 0.29) is 0 Å². The second kappa shape index (κ2) is 6.56. The fourth-order valence-corrected chi connectivity index (χ4v) is 3.79. The Kier molecular flexibility index (Phi) is 4.54. The summed E-state index contributed by atoms with van der Waals surface area (Å²) in [7, 11) is 1.80. The molecule has 1 aromatic rings. The van der Waals surface area contributed by atoms with Gasteiger partial charge in [0, 0.05) is 39.0 Å². The quantitative estimate of drug-likeness (QED) is 0.835. The molecule has 3 rings (SSSR count). The number of carbonyl (C=O) groups is 1. The number of fused-ring (bicyclic) bond motifs is 1. The molecule has 0 radical (unpaired) electrons. The largest absolute Gasteiger partial charge is 0.381 e. The zero-order valence-corrected chi connectivity index (χ0v) is 12.7. The zero-order chi connectivity index (χ0) is 14.7. The number of rotatable bonds is 5. The highest BCUT2D eigenvalue weighted by Gasteiger charge is 2.42. The minimum absolute atomic E-state index is 0.326. The van der Waals surface area contributed by atoms with E-state index in [1.54, 1.807) is 7.11 Å². The lowest BCUT2D eigenvalue weighted by molar-refractivity contribution is -0.130. The van der Waals surface area contributed by atoms with Gasteiger partial charge in [-0.2, -0.15) is 0 Å². The van der Waals surface area contributed by atoms with Gasteiger partial charge in [-0.25, -0.2) is 0 Å². The molecular formula is C17H24N2O2. The molecule has 1 amide bonds. The van der Waals surface area contributed by atoms with E-state index in [0.29, 0.717) is 30.3 Å². The summed E-state index contributed by atoms with van der Waals surface area (Å²) < 4.78 is 5.45. The maximum Gasteiger partial charge on any atom is 0.222 e. The molecule has 2 aliphatic rings. The molecule has 0 spiro atoms. The van der Waals surface area contributed by atoms with Crippen molar-refractivity contribution in [2.45, 2.75) is 38.2 Å². The average Bonchev–Trinajstić information content (AvgIpc) is 3.06. The van der Waals surface area contributed by atoms with Crippen molar-refractivity contribution >= 4 is 5.91 Å². The predicted molar refractivity (Wildman–Crippen MR) is 80.8 cm³/mol. The molecule has 4 heteroatoms. The molecule has 1 unspecified atom stereocenters. The minimum atomic E-state index is 0.326. The monoisotopic (exact) mass is 288 g/mol. The Hall–Kier alpha value is -1.42. The van der Waals surface area contributed by atoms with Crippen molar-refractivity contribution in [3.05, 3.63) is 30.1 Å². The van der Waals surface area contributed by atoms with Crippen molar-refractivity contribution in [2.75, 3.05) is 20.2 Å². The third kappa shape index (κ3) is 3.43. The standard InChI is InChI=1S/C17H24N2O2/c1-21-16-9-14-11-19(12-15(14)10-16)17(20)4-2-3-13-5-7-18-8-6-13/h5-8,14-16H,2-4,9-12H2,1H3/t14-,15+,16?. The van der Waals surface area contributed by atoms with Gasteiger partial charge in [0.1, 0.15) is 0 Å². The first-order valence-corrected chi connectivity index (χ1v) is 7.95. The van der Waals surface area contributed by atoms with Gasteiger partial charge in [0.25, 0.3) is 0 Å². The van der Waals surface area contributed by atoms with E-state index in [1.165, 1.54) is 5.56 Å². The molecule has 1 aliphatic carbocycles. The number of hydrogen-bond donors (Lipinski definition) is 0. The Morgan fingerprint density at radius 2 is 1.95 bits per heavy atom. The van der Waals surface area contributed by atoms with Gasteiger partial charge in [0.05, 0.1) is 6.10 Å². The van der Waals surface area contributed by atoms with Crippen LogP contribution in [0, 0.1) is 11.8 Å². The van der Waals surface area contributed by atoms with Gasteiger partial charge >= 0.3 is 0 Å². The fraction of sp³-hybridized carbons (Fsp3) is 0.647. The maximum absolute atomic E-state index is 12.3. The van der Waals surface area contributed by atoms with Crippen molar-refractivity contribution in [1.29, 1.82) is 0 Å². The van der Waals surface area contributed by atoms with Crippen LogP contribution in [-0.4, -0.2) is 42.1 Å². The van der Waals surface area contributed by atoms with Crippen LogP contribution in [0.5, 0.6) is 0 Å². The first-order valence-electron chi connectivity index (χ1n) is 7.95. The van der Waals surface area contributed by atoms with Crippen LogP contribution < -0.4 is 0 Å². The molecule has 0 aromatic carbocycles. The third-order valence-corrected chi connectivity index (χ3v) is 5.00. The molecule has 2 heterocycles. The van der Waals surface area contributed by atoms with Gasteiger partial charge in [0.2, 0.25) is 5.91 Å². The fourth-order valence-electron chi connectivity index (χ4n) is 3.79. The first kappa shape index (κ1) is 14.5. The summed E-state index contributed by atoms with van der Waals surface area (Å²) in [6, 6.07) is 4.05. The molecule has 3 atom stereocenters. The van der Waals surface area contributed by atoms with Gasteiger partial charge in [-0.3, -0.25) is 9.78 Å². The van der Waals surface area contributed by atoms with E-state index in [4.69, 9.17) is 4.74 Å². The molecule has 1 saturated heterocycles. The van der Waals surface area contributed by atoms with Crippen LogP contribution in [0.1, 0.15) is 31.2 Å². The Balaban J connectivity index is 1.41. The van der Waals surface area contributed by atoms with Crippen LogP contribution in [0.25, 0.3) is 0 Å². The molecule has 21 heavy (non-hydrogen) atoms. The number of aromatic nitrogens is 1. The summed E-state index contributed by atoms with van der Waals surface area (Å²) in [5.41, 5.74) is 1.26. The Bertz CT molecular complexity index is 463. The van der Waals surface area contributed by atoms with Gasteiger partial charge in [-0.1, -0.05) is 0 Å². The number of amides is 1. The highest BCUT2D eigenvalue weighted by atomic mass is 16.5. The van der Waals surface area contributed by atoms with Crippen LogP contribution in [0.2, 0.25) is 0 Å². The lowest BCUT2D eigenvalue weighted by atomic mass is 10.0. The van der Waals surface area contributed by atoms with Crippen molar-refractivity contribution in [2.24, 2.45) is 11.8 Å². The molecule has 2 fully saturated rings. The summed E-state index contributed by atoms with van der Waals surface area (Å²) >= 11 is 0. The summed E-state index contributed by atoms with van der Waals surface area (Å²) in [4.78, 5) is 18.4. The van der Waals surface area contributed by atoms with Gasteiger partial charge in [0.15, 0.2) is 0 Å². The molecule has 1 saturated carbocycles. The van der Waals surface area contributed by atoms with Crippen LogP contribution >= 0.6 is 0 Å². The number of aryl methyl sites for hydroxylation is 1. The Morgan fingerprint density at radius 1 is 1.29 bits per heavy atom. The second-order valence-electron chi connectivity index (χ2n) is 6.36. The molecule has 0 N–H and O–H groups in total. The first-order chi connectivity index (χ1) is 10.3. The van der Waals surface area contributed by atoms with Gasteiger partial charge in [-0.05, 0) is 55.2 Å². The highest BCUT2D eigenvalue weighted by Crippen LogP contribution is 2.39. The molecule has 1 aromatic heterocycles. The molecule has 4 nitrogen and oxygen atoms in total. The van der Waals surface area contributed by atoms with Gasteiger partial charge in [-0.15, -0.1) is 0 Å². The van der Waals surface area contributed by atoms with E-state index >= 15 is 0 Å². The topological polar surface area (TPSA) is 42.4 Å². The van der Waals surface area contributed by atoms with E-state index in [9.17, 15) is 4.79 Å². The van der Waals surface area contributed by atoms with Crippen molar-refractivity contribution in [3.63, 3.8) is 0 Å². The normalized spacial score (nSPS) is 27.9. The number of pyridine rings is 1. The van der Waals surface area contributed by atoms with Crippen LogP contribution in [-0.2, 0) is 16.0 Å². The zero-order valence-electron chi connectivity index (χ0n) is 12.7. The Labute approximate surface area is 126 Å². The van der Waals surface area contributed by atoms with E-state index in [0.717, 1.165) is 38.8 Å². The lowest BCUT2D eigenvalue weighted by Crippen LogP contribution is -2.30. The molecular weight excluding hydrogens is 264 g/mol. The number of nitrogens with zero attached hydrogens (tertiary/aromatic N) is 2. The molecule has 0 bridgehead atoms. The van der Waals surface area contributed by atoms with Gasteiger partial charge < -0.3 is 9.64 Å². The van der Waals surface area contributed by atoms with E-state index in [2.05, 4.69) is 9.88 Å². The van der Waals surface area contributed by atoms with Crippen molar-refractivity contribution < 1.29 is 9.53 Å². The smallest absolute Gasteiger partial charge is 0.222 e. The molecule has 1 aliphatic heterocycles. The lowest BCUT2D eigenvalue weighted by Gasteiger charge is -2.19. The second-order valence-corrected chi connectivity index (χ2v) is 6.36. The maximum atomic E-state index is 12.3. The van der Waals surface area contributed by atoms with Crippen LogP contribution in [0.4, 0.5) is 0 Å². The number of likely N-dealkylation sites (tertiary alicyclic amines) is 1. The van der Waals surface area contributed by atoms with E-state index in [1.807, 2.05) is 24.5 Å². The average molecular weight is 288 g/mol. The summed E-state index contributed by atoms with van der Waals surface area (Å²) in [6.45, 7) is 1.89. The van der Waals surface area contributed by atoms with Crippen molar-refractivity contribution in [3.8, 4) is 0 Å². The summed E-state index contributed by atoms with van der Waals surface area (Å²) in [6.07, 6.45) is 8.84. The number of ether oxygens (including phenoxy) is 1. The van der Waals surface area contributed by atoms with Crippen LogP contribution in [0.3, 0.4) is 0 Å². The number of hydrogen-bond acceptors (Lipinski definition) is 3. The van der Waals surface area contributed by atoms with Crippen LogP contribution in [0.15, 0.2) is 24.5 Å². The predicted octanol–water partition coefficient (Wildman–Crippen LogP) is 2.29. The number of methoxy groups -OCH3 is 1. The molecule has 114 valence electrons. The number of carbonyl (C=O) groups excluding carboxylic acids is 1. The summed E-state index contributed by atoms with van der Waals surface area (Å²) in [5, 5.41) is 0. The third-order valence-electron chi connectivity index (χ3n) is 5.00. The SMILES string of the molecule is COC1C[C@@H]2CN(C(=O)CCCc3ccncc3)C[C@@H]2C1. The minimum Gasteiger partial charge on any atom is -0.381 e. The van der Waals surface area contributed by atoms with E-state index < -0.39 is 0 Å². The highest BCUT2D eigenvalue weighted by molar-refractivity contribution is 5.76. The van der Waals surface area contributed by atoms with Crippen molar-refractivity contribution in [1.82, 2.24) is 9.88 Å². The Morgan fingerprint density at radius 3 is 2.57 bits per heavy atom. The summed E-state index contributed by atoms with van der Waals surface area (Å²) in [5.74, 6) is 1.66.